The third-order valence-electron chi connectivity index (χ3n) is 2.48. The van der Waals surface area contributed by atoms with Gasteiger partial charge < -0.3 is 10.8 Å². The highest BCUT2D eigenvalue weighted by molar-refractivity contribution is 7.25. The largest absolute Gasteiger partial charge is 0.508 e. The van der Waals surface area contributed by atoms with Crippen LogP contribution in [0.4, 0.5) is 5.69 Å². The molecule has 2 aromatic carbocycles. The number of hydrogen-bond donors (Lipinski definition) is 2. The molecule has 3 rings (SSSR count). The number of nitrogen functional groups attached to an aromatic ring is 1. The minimum absolute atomic E-state index is 0.296. The van der Waals surface area contributed by atoms with Crippen molar-refractivity contribution in [3.63, 3.8) is 0 Å². The zero-order valence-electron chi connectivity index (χ0n) is 7.90. The van der Waals surface area contributed by atoms with Crippen molar-refractivity contribution >= 4 is 37.2 Å². The van der Waals surface area contributed by atoms with E-state index in [2.05, 4.69) is 0 Å². The molecular weight excluding hydrogens is 206 g/mol. The Balaban J connectivity index is 2.55. The summed E-state index contributed by atoms with van der Waals surface area (Å²) in [6, 6.07) is 11.3. The molecule has 0 fully saturated rings. The molecule has 15 heavy (non-hydrogen) atoms. The molecule has 74 valence electrons. The first-order valence-electron chi connectivity index (χ1n) is 4.65. The van der Waals surface area contributed by atoms with Gasteiger partial charge in [0.05, 0.1) is 0 Å². The van der Waals surface area contributed by atoms with Crippen LogP contribution in [0.2, 0.25) is 0 Å². The zero-order valence-corrected chi connectivity index (χ0v) is 8.71. The Morgan fingerprint density at radius 2 is 1.60 bits per heavy atom. The van der Waals surface area contributed by atoms with E-state index in [1.165, 1.54) is 9.40 Å². The fraction of sp³-hybridized carbons (Fsp3) is 0. The first-order valence-corrected chi connectivity index (χ1v) is 5.46. The van der Waals surface area contributed by atoms with Crippen molar-refractivity contribution < 1.29 is 5.11 Å². The summed E-state index contributed by atoms with van der Waals surface area (Å²) in [5, 5.41) is 11.6. The Bertz CT molecular complexity index is 601. The van der Waals surface area contributed by atoms with Gasteiger partial charge in [-0.25, -0.2) is 0 Å². The maximum Gasteiger partial charge on any atom is 0.116 e. The molecule has 3 heteroatoms. The molecule has 0 atom stereocenters. The van der Waals surface area contributed by atoms with Crippen LogP contribution < -0.4 is 5.73 Å². The van der Waals surface area contributed by atoms with Gasteiger partial charge in [-0.3, -0.25) is 0 Å². The van der Waals surface area contributed by atoms with E-state index in [1.807, 2.05) is 24.3 Å². The first kappa shape index (κ1) is 8.56. The van der Waals surface area contributed by atoms with Crippen LogP contribution in [0, 0.1) is 0 Å². The highest BCUT2D eigenvalue weighted by atomic mass is 32.1. The summed E-state index contributed by atoms with van der Waals surface area (Å²) in [4.78, 5) is 0. The second-order valence-electron chi connectivity index (χ2n) is 3.54. The maximum atomic E-state index is 9.45. The van der Waals surface area contributed by atoms with Gasteiger partial charge in [0.1, 0.15) is 5.75 Å². The quantitative estimate of drug-likeness (QED) is 0.565. The molecule has 0 spiro atoms. The van der Waals surface area contributed by atoms with Gasteiger partial charge in [0, 0.05) is 25.9 Å². The van der Waals surface area contributed by atoms with E-state index >= 15 is 0 Å². The van der Waals surface area contributed by atoms with E-state index in [0.29, 0.717) is 5.75 Å². The fourth-order valence-corrected chi connectivity index (χ4v) is 2.85. The molecule has 0 saturated carbocycles. The van der Waals surface area contributed by atoms with Crippen molar-refractivity contribution in [2.45, 2.75) is 0 Å². The lowest BCUT2D eigenvalue weighted by molar-refractivity contribution is 0.476. The molecule has 0 amide bonds. The van der Waals surface area contributed by atoms with E-state index < -0.39 is 0 Å². The summed E-state index contributed by atoms with van der Waals surface area (Å²) in [5.41, 5.74) is 6.51. The molecule has 0 aliphatic carbocycles. The third kappa shape index (κ3) is 1.24. The number of rotatable bonds is 0. The topological polar surface area (TPSA) is 46.2 Å². The number of phenolic OH excluding ortho intramolecular Hbond substituents is 1. The number of benzene rings is 2. The second-order valence-corrected chi connectivity index (χ2v) is 4.62. The van der Waals surface area contributed by atoms with E-state index in [0.717, 1.165) is 16.5 Å². The molecule has 0 aliphatic rings. The molecule has 0 aliphatic heterocycles. The van der Waals surface area contributed by atoms with Gasteiger partial charge >= 0.3 is 0 Å². The summed E-state index contributed by atoms with van der Waals surface area (Å²) >= 11 is 1.71. The molecule has 1 heterocycles. The average molecular weight is 215 g/mol. The number of fused-ring (bicyclic) bond motifs is 3. The summed E-state index contributed by atoms with van der Waals surface area (Å²) in [7, 11) is 0. The lowest BCUT2D eigenvalue weighted by Gasteiger charge is -1.94. The highest BCUT2D eigenvalue weighted by Gasteiger charge is 2.05. The lowest BCUT2D eigenvalue weighted by Crippen LogP contribution is -1.81. The Morgan fingerprint density at radius 1 is 0.933 bits per heavy atom. The Kier molecular flexibility index (Phi) is 1.64. The predicted molar refractivity (Wildman–Crippen MR) is 65.4 cm³/mol. The average Bonchev–Trinajstić information content (AvgIpc) is 2.56. The molecule has 3 N–H and O–H groups in total. The third-order valence-corrected chi connectivity index (χ3v) is 3.63. The number of thiophene rings is 1. The standard InChI is InChI=1S/C12H9NOS/c13-7-1-3-11-9(5-7)10-6-8(14)2-4-12(10)15-11/h1-6,14H,13H2. The van der Waals surface area contributed by atoms with Crippen LogP contribution in [-0.4, -0.2) is 5.11 Å². The Morgan fingerprint density at radius 3 is 2.40 bits per heavy atom. The predicted octanol–water partition coefficient (Wildman–Crippen LogP) is 3.34. The van der Waals surface area contributed by atoms with Gasteiger partial charge in [-0.2, -0.15) is 0 Å². The first-order chi connectivity index (χ1) is 7.24. The SMILES string of the molecule is Nc1ccc2sc3ccc(O)cc3c2c1. The Labute approximate surface area is 90.6 Å². The molecular formula is C12H9NOS. The Hall–Kier alpha value is -1.74. The molecule has 3 aromatic rings. The molecule has 0 radical (unpaired) electrons. The summed E-state index contributed by atoms with van der Waals surface area (Å²) in [6.07, 6.45) is 0. The molecule has 0 unspecified atom stereocenters. The van der Waals surface area contributed by atoms with E-state index in [4.69, 9.17) is 5.73 Å². The second kappa shape index (κ2) is 2.87. The normalized spacial score (nSPS) is 11.2. The highest BCUT2D eigenvalue weighted by Crippen LogP contribution is 2.36. The van der Waals surface area contributed by atoms with Crippen LogP contribution in [0.25, 0.3) is 20.2 Å². The maximum absolute atomic E-state index is 9.45. The summed E-state index contributed by atoms with van der Waals surface area (Å²) in [6.45, 7) is 0. The monoisotopic (exact) mass is 215 g/mol. The number of hydrogen-bond acceptors (Lipinski definition) is 3. The van der Waals surface area contributed by atoms with Crippen LogP contribution in [0.1, 0.15) is 0 Å². The van der Waals surface area contributed by atoms with E-state index in [1.54, 1.807) is 23.5 Å². The van der Waals surface area contributed by atoms with Crippen molar-refractivity contribution in [1.82, 2.24) is 0 Å². The molecule has 0 saturated heterocycles. The van der Waals surface area contributed by atoms with Crippen LogP contribution in [0.5, 0.6) is 5.75 Å². The van der Waals surface area contributed by atoms with Crippen molar-refractivity contribution in [3.05, 3.63) is 36.4 Å². The number of aromatic hydroxyl groups is 1. The van der Waals surface area contributed by atoms with Crippen molar-refractivity contribution in [3.8, 4) is 5.75 Å². The number of nitrogens with two attached hydrogens (primary N) is 1. The van der Waals surface area contributed by atoms with Crippen LogP contribution >= 0.6 is 11.3 Å². The van der Waals surface area contributed by atoms with Gasteiger partial charge in [-0.05, 0) is 36.4 Å². The molecule has 2 nitrogen and oxygen atoms in total. The molecule has 1 aromatic heterocycles. The molecule has 0 bridgehead atoms. The smallest absolute Gasteiger partial charge is 0.116 e. The van der Waals surface area contributed by atoms with Crippen LogP contribution in [0.15, 0.2) is 36.4 Å². The number of anilines is 1. The van der Waals surface area contributed by atoms with Crippen molar-refractivity contribution in [1.29, 1.82) is 0 Å². The van der Waals surface area contributed by atoms with Gasteiger partial charge in [0.25, 0.3) is 0 Å². The van der Waals surface area contributed by atoms with Gasteiger partial charge in [-0.1, -0.05) is 0 Å². The zero-order chi connectivity index (χ0) is 10.4. The fourth-order valence-electron chi connectivity index (χ4n) is 1.78. The van der Waals surface area contributed by atoms with Crippen molar-refractivity contribution in [2.75, 3.05) is 5.73 Å². The summed E-state index contributed by atoms with van der Waals surface area (Å²) < 4.78 is 2.37. The summed E-state index contributed by atoms with van der Waals surface area (Å²) in [5.74, 6) is 0.296. The minimum atomic E-state index is 0.296. The van der Waals surface area contributed by atoms with Crippen LogP contribution in [-0.2, 0) is 0 Å². The number of phenols is 1. The van der Waals surface area contributed by atoms with Gasteiger partial charge in [0.2, 0.25) is 0 Å². The van der Waals surface area contributed by atoms with E-state index in [9.17, 15) is 5.11 Å². The van der Waals surface area contributed by atoms with Gasteiger partial charge in [-0.15, -0.1) is 11.3 Å². The van der Waals surface area contributed by atoms with Crippen molar-refractivity contribution in [2.24, 2.45) is 0 Å². The van der Waals surface area contributed by atoms with Crippen LogP contribution in [0.3, 0.4) is 0 Å². The minimum Gasteiger partial charge on any atom is -0.508 e. The lowest BCUT2D eigenvalue weighted by atomic mass is 10.1. The van der Waals surface area contributed by atoms with E-state index in [-0.39, 0.29) is 0 Å². The van der Waals surface area contributed by atoms with Gasteiger partial charge in [0.15, 0.2) is 0 Å².